The van der Waals surface area contributed by atoms with Crippen LogP contribution in [0.4, 0.5) is 0 Å². The van der Waals surface area contributed by atoms with Gasteiger partial charge in [0.1, 0.15) is 0 Å². The van der Waals surface area contributed by atoms with Crippen molar-refractivity contribution in [2.24, 2.45) is 11.8 Å². The minimum Gasteiger partial charge on any atom is -0.268 e. The number of piperidine rings is 1. The maximum absolute atomic E-state index is 6.26. The fraction of sp³-hybridized carbons (Fsp3) is 0.750. The summed E-state index contributed by atoms with van der Waals surface area (Å²) in [7, 11) is 0. The molecule has 104 valence electrons. The van der Waals surface area contributed by atoms with Gasteiger partial charge in [-0.05, 0) is 65.7 Å². The van der Waals surface area contributed by atoms with Crippen molar-refractivity contribution in [3.63, 3.8) is 0 Å². The highest BCUT2D eigenvalue weighted by Crippen LogP contribution is 2.41. The van der Waals surface area contributed by atoms with E-state index in [1.54, 1.807) is 0 Å². The van der Waals surface area contributed by atoms with Crippen molar-refractivity contribution in [1.29, 1.82) is 0 Å². The van der Waals surface area contributed by atoms with Gasteiger partial charge in [0.2, 0.25) is 0 Å². The second-order valence-electron chi connectivity index (χ2n) is 7.05. The molecule has 0 saturated carbocycles. The predicted octanol–water partition coefficient (Wildman–Crippen LogP) is 4.04. The number of hydrazine groups is 1. The summed E-state index contributed by atoms with van der Waals surface area (Å²) >= 11 is 0. The molecular formula is C16H30N2. The van der Waals surface area contributed by atoms with Gasteiger partial charge in [-0.2, -0.15) is 0 Å². The van der Waals surface area contributed by atoms with Gasteiger partial charge < -0.3 is 0 Å². The first-order valence-electron chi connectivity index (χ1n) is 7.01. The standard InChI is InChI=1S/C16H30N2/c1-7-8-9-13(2)10-14-11-15(3,4)18(17)16(5,6)12-14/h7,14H,1-2,8-12,17H2,3-6H3. The first kappa shape index (κ1) is 15.5. The summed E-state index contributed by atoms with van der Waals surface area (Å²) in [5.74, 6) is 6.96. The van der Waals surface area contributed by atoms with E-state index in [0.29, 0.717) is 5.92 Å². The van der Waals surface area contributed by atoms with Gasteiger partial charge in [0, 0.05) is 11.1 Å². The first-order chi connectivity index (χ1) is 8.19. The minimum absolute atomic E-state index is 0.0745. The quantitative estimate of drug-likeness (QED) is 0.589. The summed E-state index contributed by atoms with van der Waals surface area (Å²) in [5.41, 5.74) is 1.51. The maximum atomic E-state index is 6.26. The largest absolute Gasteiger partial charge is 0.268 e. The van der Waals surface area contributed by atoms with Crippen LogP contribution < -0.4 is 5.84 Å². The van der Waals surface area contributed by atoms with Crippen LogP contribution in [0.15, 0.2) is 24.8 Å². The summed E-state index contributed by atoms with van der Waals surface area (Å²) in [6, 6.07) is 0. The molecule has 0 unspecified atom stereocenters. The van der Waals surface area contributed by atoms with Gasteiger partial charge >= 0.3 is 0 Å². The molecule has 0 radical (unpaired) electrons. The Hall–Kier alpha value is -0.600. The van der Waals surface area contributed by atoms with Crippen LogP contribution in [-0.2, 0) is 0 Å². The highest BCUT2D eigenvalue weighted by atomic mass is 15.5. The Bertz CT molecular complexity index is 297. The average molecular weight is 250 g/mol. The van der Waals surface area contributed by atoms with Gasteiger partial charge in [0.25, 0.3) is 0 Å². The second kappa shape index (κ2) is 5.58. The molecule has 0 aromatic rings. The number of hydrogen-bond acceptors (Lipinski definition) is 2. The summed E-state index contributed by atoms with van der Waals surface area (Å²) in [5, 5.41) is 2.04. The zero-order valence-electron chi connectivity index (χ0n) is 12.6. The summed E-state index contributed by atoms with van der Waals surface area (Å²) in [6.07, 6.45) is 7.53. The molecule has 0 aromatic carbocycles. The number of nitrogens with zero attached hydrogens (tertiary/aromatic N) is 1. The van der Waals surface area contributed by atoms with E-state index in [1.165, 1.54) is 5.57 Å². The van der Waals surface area contributed by atoms with Gasteiger partial charge in [-0.25, -0.2) is 5.01 Å². The van der Waals surface area contributed by atoms with E-state index in [9.17, 15) is 0 Å². The van der Waals surface area contributed by atoms with Crippen LogP contribution in [0.5, 0.6) is 0 Å². The third-order valence-electron chi connectivity index (χ3n) is 4.16. The Morgan fingerprint density at radius 3 is 2.22 bits per heavy atom. The molecule has 18 heavy (non-hydrogen) atoms. The lowest BCUT2D eigenvalue weighted by atomic mass is 9.73. The molecule has 0 spiro atoms. The normalized spacial score (nSPS) is 23.8. The van der Waals surface area contributed by atoms with Crippen LogP contribution in [-0.4, -0.2) is 16.1 Å². The Kier molecular flexibility index (Phi) is 4.79. The van der Waals surface area contributed by atoms with Crippen molar-refractivity contribution in [3.8, 4) is 0 Å². The SMILES string of the molecule is C=CCCC(=C)CC1CC(C)(C)N(N)C(C)(C)C1. The zero-order chi connectivity index (χ0) is 14.0. The topological polar surface area (TPSA) is 29.3 Å². The number of allylic oxidation sites excluding steroid dienone is 2. The van der Waals surface area contributed by atoms with E-state index in [2.05, 4.69) is 40.9 Å². The third kappa shape index (κ3) is 3.69. The highest BCUT2D eigenvalue weighted by molar-refractivity contribution is 5.03. The molecular weight excluding hydrogens is 220 g/mol. The molecule has 1 aliphatic rings. The van der Waals surface area contributed by atoms with Crippen LogP contribution in [0.3, 0.4) is 0 Å². The highest BCUT2D eigenvalue weighted by Gasteiger charge is 2.43. The summed E-state index contributed by atoms with van der Waals surface area (Å²) in [4.78, 5) is 0. The van der Waals surface area contributed by atoms with Crippen molar-refractivity contribution < 1.29 is 0 Å². The van der Waals surface area contributed by atoms with E-state index in [1.807, 2.05) is 11.1 Å². The van der Waals surface area contributed by atoms with E-state index in [0.717, 1.165) is 32.1 Å². The Morgan fingerprint density at radius 1 is 1.28 bits per heavy atom. The molecule has 2 nitrogen and oxygen atoms in total. The van der Waals surface area contributed by atoms with E-state index < -0.39 is 0 Å². The Morgan fingerprint density at radius 2 is 1.78 bits per heavy atom. The van der Waals surface area contributed by atoms with Gasteiger partial charge in [-0.1, -0.05) is 18.2 Å². The lowest BCUT2D eigenvalue weighted by Crippen LogP contribution is -2.63. The van der Waals surface area contributed by atoms with E-state index in [4.69, 9.17) is 5.84 Å². The molecule has 1 fully saturated rings. The molecule has 2 heteroatoms. The van der Waals surface area contributed by atoms with Gasteiger partial charge in [0.05, 0.1) is 0 Å². The fourth-order valence-electron chi connectivity index (χ4n) is 3.46. The van der Waals surface area contributed by atoms with Crippen LogP contribution in [0.25, 0.3) is 0 Å². The van der Waals surface area contributed by atoms with Gasteiger partial charge in [-0.15, -0.1) is 6.58 Å². The molecule has 1 saturated heterocycles. The first-order valence-corrected chi connectivity index (χ1v) is 7.01. The number of nitrogens with two attached hydrogens (primary N) is 1. The van der Waals surface area contributed by atoms with Crippen molar-refractivity contribution in [2.45, 2.75) is 70.9 Å². The van der Waals surface area contributed by atoms with Gasteiger partial charge in [0.15, 0.2) is 0 Å². The van der Waals surface area contributed by atoms with Gasteiger partial charge in [-0.3, -0.25) is 5.84 Å². The van der Waals surface area contributed by atoms with Crippen LogP contribution in [0, 0.1) is 5.92 Å². The zero-order valence-corrected chi connectivity index (χ0v) is 12.6. The molecule has 0 bridgehead atoms. The van der Waals surface area contributed by atoms with Crippen molar-refractivity contribution in [3.05, 3.63) is 24.8 Å². The molecule has 1 rings (SSSR count). The minimum atomic E-state index is 0.0745. The molecule has 1 heterocycles. The molecule has 0 amide bonds. The lowest BCUT2D eigenvalue weighted by Gasteiger charge is -2.53. The third-order valence-corrected chi connectivity index (χ3v) is 4.16. The van der Waals surface area contributed by atoms with Crippen molar-refractivity contribution in [2.75, 3.05) is 0 Å². The average Bonchev–Trinajstić information content (AvgIpc) is 2.22. The smallest absolute Gasteiger partial charge is 0.0304 e. The number of hydrogen-bond donors (Lipinski definition) is 1. The molecule has 0 aliphatic carbocycles. The maximum Gasteiger partial charge on any atom is 0.0304 e. The Balaban J connectivity index is 2.63. The van der Waals surface area contributed by atoms with Crippen LogP contribution in [0.1, 0.15) is 59.8 Å². The fourth-order valence-corrected chi connectivity index (χ4v) is 3.46. The van der Waals surface area contributed by atoms with Crippen molar-refractivity contribution >= 4 is 0 Å². The monoisotopic (exact) mass is 250 g/mol. The van der Waals surface area contributed by atoms with Crippen LogP contribution in [0.2, 0.25) is 0 Å². The van der Waals surface area contributed by atoms with E-state index in [-0.39, 0.29) is 11.1 Å². The molecule has 2 N–H and O–H groups in total. The second-order valence-corrected chi connectivity index (χ2v) is 7.05. The summed E-state index contributed by atoms with van der Waals surface area (Å²) < 4.78 is 0. The predicted molar refractivity (Wildman–Crippen MR) is 80.1 cm³/mol. The molecule has 1 aliphatic heterocycles. The molecule has 0 aromatic heterocycles. The van der Waals surface area contributed by atoms with Crippen LogP contribution >= 0.6 is 0 Å². The van der Waals surface area contributed by atoms with E-state index >= 15 is 0 Å². The molecule has 0 atom stereocenters. The summed E-state index contributed by atoms with van der Waals surface area (Å²) in [6.45, 7) is 17.0. The number of rotatable bonds is 5. The van der Waals surface area contributed by atoms with Crippen molar-refractivity contribution in [1.82, 2.24) is 5.01 Å². The Labute approximate surface area is 113 Å². The lowest BCUT2D eigenvalue weighted by molar-refractivity contribution is -0.0526.